The Morgan fingerprint density at radius 3 is 2.60 bits per heavy atom. The van der Waals surface area contributed by atoms with E-state index >= 15 is 0 Å². The average Bonchev–Trinajstić information content (AvgIpc) is 2.17. The van der Waals surface area contributed by atoms with Gasteiger partial charge < -0.3 is 10.8 Å². The number of carbonyl (C=O) groups is 2. The van der Waals surface area contributed by atoms with Gasteiger partial charge in [0.1, 0.15) is 6.42 Å². The van der Waals surface area contributed by atoms with Gasteiger partial charge in [-0.05, 0) is 12.1 Å². The minimum Gasteiger partial charge on any atom is -0.481 e. The Hall–Kier alpha value is -2.28. The molecule has 0 atom stereocenters. The molecule has 0 fully saturated rings. The van der Waals surface area contributed by atoms with Crippen LogP contribution in [0, 0.1) is 11.8 Å². The van der Waals surface area contributed by atoms with E-state index in [0.29, 0.717) is 11.1 Å². The smallest absolute Gasteiger partial charge is 0.315 e. The van der Waals surface area contributed by atoms with Crippen LogP contribution in [0.3, 0.4) is 0 Å². The monoisotopic (exact) mass is 203 g/mol. The van der Waals surface area contributed by atoms with Gasteiger partial charge in [0.25, 0.3) is 0 Å². The van der Waals surface area contributed by atoms with Gasteiger partial charge in [-0.1, -0.05) is 24.0 Å². The zero-order valence-electron chi connectivity index (χ0n) is 7.86. The Labute approximate surface area is 86.7 Å². The minimum atomic E-state index is -1.00. The first-order chi connectivity index (χ1) is 7.11. The summed E-state index contributed by atoms with van der Waals surface area (Å²) in [5.41, 5.74) is 5.87. The molecule has 0 saturated heterocycles. The Morgan fingerprint density at radius 1 is 1.33 bits per heavy atom. The van der Waals surface area contributed by atoms with E-state index in [-0.39, 0.29) is 6.42 Å². The van der Waals surface area contributed by atoms with Crippen molar-refractivity contribution in [3.8, 4) is 11.8 Å². The first kappa shape index (κ1) is 10.8. The van der Waals surface area contributed by atoms with Crippen LogP contribution in [0.25, 0.3) is 0 Å². The number of hydrogen-bond donors (Lipinski definition) is 2. The lowest BCUT2D eigenvalue weighted by atomic mass is 10.1. The molecule has 4 nitrogen and oxygen atoms in total. The number of amides is 1. The van der Waals surface area contributed by atoms with Crippen LogP contribution in [-0.4, -0.2) is 17.0 Å². The fourth-order valence-electron chi connectivity index (χ4n) is 1.02. The molecule has 3 N–H and O–H groups in total. The molecule has 76 valence electrons. The summed E-state index contributed by atoms with van der Waals surface area (Å²) in [6, 6.07) is 6.54. The van der Waals surface area contributed by atoms with Crippen LogP contribution in [0.4, 0.5) is 0 Å². The molecule has 1 amide bonds. The van der Waals surface area contributed by atoms with Gasteiger partial charge in [0.15, 0.2) is 0 Å². The zero-order valence-corrected chi connectivity index (χ0v) is 7.86. The van der Waals surface area contributed by atoms with Gasteiger partial charge in [-0.2, -0.15) is 0 Å². The van der Waals surface area contributed by atoms with Gasteiger partial charge in [-0.25, -0.2) is 0 Å². The first-order valence-corrected chi connectivity index (χ1v) is 4.20. The maximum Gasteiger partial charge on any atom is 0.315 e. The molecule has 1 rings (SSSR count). The summed E-state index contributed by atoms with van der Waals surface area (Å²) in [4.78, 5) is 21.2. The third-order valence-electron chi connectivity index (χ3n) is 1.66. The second-order valence-electron chi connectivity index (χ2n) is 2.78. The van der Waals surface area contributed by atoms with Crippen molar-refractivity contribution < 1.29 is 14.7 Å². The van der Waals surface area contributed by atoms with Crippen molar-refractivity contribution in [1.29, 1.82) is 0 Å². The summed E-state index contributed by atoms with van der Waals surface area (Å²) in [7, 11) is 0. The highest BCUT2D eigenvalue weighted by molar-refractivity contribution is 5.95. The van der Waals surface area contributed by atoms with E-state index in [1.54, 1.807) is 24.3 Å². The number of primary amides is 1. The number of hydrogen-bond acceptors (Lipinski definition) is 2. The third kappa shape index (κ3) is 3.16. The van der Waals surface area contributed by atoms with E-state index in [2.05, 4.69) is 11.8 Å². The van der Waals surface area contributed by atoms with Crippen molar-refractivity contribution in [2.45, 2.75) is 6.42 Å². The number of rotatable bonds is 2. The van der Waals surface area contributed by atoms with Crippen molar-refractivity contribution in [2.24, 2.45) is 5.73 Å². The van der Waals surface area contributed by atoms with E-state index in [4.69, 9.17) is 10.8 Å². The maximum atomic E-state index is 11.0. The third-order valence-corrected chi connectivity index (χ3v) is 1.66. The second kappa shape index (κ2) is 4.82. The molecule has 0 unspecified atom stereocenters. The molecular weight excluding hydrogens is 194 g/mol. The fraction of sp³-hybridized carbons (Fsp3) is 0.0909. The molecule has 0 aliphatic heterocycles. The summed E-state index contributed by atoms with van der Waals surface area (Å²) in [5, 5.41) is 8.38. The lowest BCUT2D eigenvalue weighted by Crippen LogP contribution is -2.12. The van der Waals surface area contributed by atoms with E-state index in [1.807, 2.05) is 0 Å². The SMILES string of the molecule is NC(=O)c1ccccc1C#CCC(=O)O. The van der Waals surface area contributed by atoms with Crippen LogP contribution in [0.2, 0.25) is 0 Å². The van der Waals surface area contributed by atoms with E-state index in [9.17, 15) is 9.59 Å². The van der Waals surface area contributed by atoms with Crippen LogP contribution < -0.4 is 5.73 Å². The molecule has 0 aromatic heterocycles. The summed E-state index contributed by atoms with van der Waals surface area (Å²) in [5.74, 6) is 3.46. The number of benzene rings is 1. The Balaban J connectivity index is 2.97. The van der Waals surface area contributed by atoms with Crippen LogP contribution >= 0.6 is 0 Å². The highest BCUT2D eigenvalue weighted by Gasteiger charge is 2.03. The van der Waals surface area contributed by atoms with Crippen LogP contribution in [0.1, 0.15) is 22.3 Å². The van der Waals surface area contributed by atoms with E-state index in [0.717, 1.165) is 0 Å². The molecule has 0 radical (unpaired) electrons. The van der Waals surface area contributed by atoms with Gasteiger partial charge in [0.05, 0.1) is 5.56 Å². The Morgan fingerprint density at radius 2 is 2.00 bits per heavy atom. The second-order valence-corrected chi connectivity index (χ2v) is 2.78. The predicted molar refractivity (Wildman–Crippen MR) is 54.1 cm³/mol. The Kier molecular flexibility index (Phi) is 3.47. The quantitative estimate of drug-likeness (QED) is 0.691. The topological polar surface area (TPSA) is 80.4 Å². The number of carboxylic acid groups (broad SMARTS) is 1. The Bertz CT molecular complexity index is 454. The lowest BCUT2D eigenvalue weighted by molar-refractivity contribution is -0.135. The largest absolute Gasteiger partial charge is 0.481 e. The van der Waals surface area contributed by atoms with Gasteiger partial charge in [0, 0.05) is 5.56 Å². The predicted octanol–water partition coefficient (Wildman–Crippen LogP) is 0.612. The van der Waals surface area contributed by atoms with Gasteiger partial charge in [0.2, 0.25) is 5.91 Å². The van der Waals surface area contributed by atoms with Crippen LogP contribution in [-0.2, 0) is 4.79 Å². The number of carbonyl (C=O) groups excluding carboxylic acids is 1. The van der Waals surface area contributed by atoms with Crippen molar-refractivity contribution in [1.82, 2.24) is 0 Å². The summed E-state index contributed by atoms with van der Waals surface area (Å²) >= 11 is 0. The summed E-state index contributed by atoms with van der Waals surface area (Å²) < 4.78 is 0. The molecule has 15 heavy (non-hydrogen) atoms. The average molecular weight is 203 g/mol. The van der Waals surface area contributed by atoms with Crippen molar-refractivity contribution >= 4 is 11.9 Å². The molecule has 0 aliphatic carbocycles. The molecule has 0 aliphatic rings. The van der Waals surface area contributed by atoms with E-state index in [1.165, 1.54) is 0 Å². The molecule has 0 saturated carbocycles. The molecule has 4 heteroatoms. The number of carboxylic acids is 1. The molecular formula is C11H9NO3. The number of aliphatic carboxylic acids is 1. The number of nitrogens with two attached hydrogens (primary N) is 1. The van der Waals surface area contributed by atoms with Crippen LogP contribution in [0.5, 0.6) is 0 Å². The summed E-state index contributed by atoms with van der Waals surface area (Å²) in [6.07, 6.45) is -0.257. The van der Waals surface area contributed by atoms with Crippen LogP contribution in [0.15, 0.2) is 24.3 Å². The highest BCUT2D eigenvalue weighted by Crippen LogP contribution is 2.05. The van der Waals surface area contributed by atoms with E-state index < -0.39 is 11.9 Å². The standard InChI is InChI=1S/C11H9NO3/c12-11(15)9-6-2-1-4-8(9)5-3-7-10(13)14/h1-2,4,6H,7H2,(H2,12,15)(H,13,14). The highest BCUT2D eigenvalue weighted by atomic mass is 16.4. The molecule has 0 spiro atoms. The van der Waals surface area contributed by atoms with Crippen molar-refractivity contribution in [3.05, 3.63) is 35.4 Å². The van der Waals surface area contributed by atoms with Gasteiger partial charge >= 0.3 is 5.97 Å². The molecule has 0 heterocycles. The summed E-state index contributed by atoms with van der Waals surface area (Å²) in [6.45, 7) is 0. The molecule has 1 aromatic rings. The molecule has 0 bridgehead atoms. The molecule has 1 aromatic carbocycles. The van der Waals surface area contributed by atoms with Crippen molar-refractivity contribution in [2.75, 3.05) is 0 Å². The maximum absolute atomic E-state index is 11.0. The first-order valence-electron chi connectivity index (χ1n) is 4.20. The van der Waals surface area contributed by atoms with Crippen molar-refractivity contribution in [3.63, 3.8) is 0 Å². The van der Waals surface area contributed by atoms with Gasteiger partial charge in [-0.3, -0.25) is 9.59 Å². The fourth-order valence-corrected chi connectivity index (χ4v) is 1.02. The van der Waals surface area contributed by atoms with Gasteiger partial charge in [-0.15, -0.1) is 0 Å². The normalized spacial score (nSPS) is 8.80. The minimum absolute atomic E-state index is 0.257. The lowest BCUT2D eigenvalue weighted by Gasteiger charge is -1.97. The zero-order chi connectivity index (χ0) is 11.3.